The van der Waals surface area contributed by atoms with Crippen molar-refractivity contribution < 1.29 is 24.2 Å². The summed E-state index contributed by atoms with van der Waals surface area (Å²) in [6, 6.07) is 8.59. The molecule has 1 aliphatic rings. The zero-order chi connectivity index (χ0) is 23.9. The molecule has 0 spiro atoms. The molecule has 1 amide bonds. The van der Waals surface area contributed by atoms with E-state index in [2.05, 4.69) is 10.2 Å². The van der Waals surface area contributed by atoms with Crippen LogP contribution in [0.1, 0.15) is 53.0 Å². The zero-order valence-corrected chi connectivity index (χ0v) is 19.8. The van der Waals surface area contributed by atoms with Gasteiger partial charge in [0.05, 0.1) is 18.8 Å². The number of benzene rings is 1. The standard InChI is InChI=1S/C24H37N3O5/c1-6-19(15-28)26-16-27(23(31)32-24(3,4)5)21(14-18-10-8-7-9-11-18)20(26)12-13-25-17(2)22(29)30/h7-11,15,17,19-21,25H,6,12-14,16H2,1-5H3,(H,29,30)/t17-,19-,20+,21-/m0/s1. The Morgan fingerprint density at radius 1 is 1.25 bits per heavy atom. The highest BCUT2D eigenvalue weighted by Gasteiger charge is 2.45. The third-order valence-corrected chi connectivity index (χ3v) is 5.76. The van der Waals surface area contributed by atoms with E-state index in [1.807, 2.05) is 58.0 Å². The fourth-order valence-corrected chi connectivity index (χ4v) is 4.08. The SMILES string of the molecule is CC[C@@H](C=O)N1CN(C(=O)OC(C)(C)C)[C@@H](Cc2ccccc2)[C@H]1CCN[C@@H](C)C(=O)O. The van der Waals surface area contributed by atoms with E-state index in [0.717, 1.165) is 11.8 Å². The number of hydrogen-bond donors (Lipinski definition) is 2. The van der Waals surface area contributed by atoms with E-state index < -0.39 is 23.7 Å². The largest absolute Gasteiger partial charge is 0.480 e. The van der Waals surface area contributed by atoms with Gasteiger partial charge in [-0.1, -0.05) is 37.3 Å². The van der Waals surface area contributed by atoms with Gasteiger partial charge in [-0.2, -0.15) is 0 Å². The highest BCUT2D eigenvalue weighted by atomic mass is 16.6. The quantitative estimate of drug-likeness (QED) is 0.532. The average molecular weight is 448 g/mol. The van der Waals surface area contributed by atoms with Crippen LogP contribution in [0.4, 0.5) is 4.79 Å². The van der Waals surface area contributed by atoms with Gasteiger partial charge >= 0.3 is 12.1 Å². The Kier molecular flexibility index (Phi) is 9.21. The van der Waals surface area contributed by atoms with Gasteiger partial charge in [0.25, 0.3) is 0 Å². The molecule has 8 heteroatoms. The van der Waals surface area contributed by atoms with Gasteiger partial charge in [0, 0.05) is 6.04 Å². The number of carbonyl (C=O) groups excluding carboxylic acids is 2. The summed E-state index contributed by atoms with van der Waals surface area (Å²) in [6.45, 7) is 9.80. The minimum absolute atomic E-state index is 0.119. The van der Waals surface area contributed by atoms with Crippen LogP contribution in [0.2, 0.25) is 0 Å². The van der Waals surface area contributed by atoms with Gasteiger partial charge in [0.15, 0.2) is 0 Å². The van der Waals surface area contributed by atoms with Crippen LogP contribution >= 0.6 is 0 Å². The van der Waals surface area contributed by atoms with Gasteiger partial charge in [-0.15, -0.1) is 0 Å². The number of amides is 1. The van der Waals surface area contributed by atoms with E-state index in [0.29, 0.717) is 32.5 Å². The van der Waals surface area contributed by atoms with Crippen molar-refractivity contribution in [1.82, 2.24) is 15.1 Å². The molecular weight excluding hydrogens is 410 g/mol. The Hall–Kier alpha value is -2.45. The van der Waals surface area contributed by atoms with Crippen molar-refractivity contribution in [2.75, 3.05) is 13.2 Å². The molecular formula is C24H37N3O5. The number of ether oxygens (including phenoxy) is 1. The number of aliphatic carboxylic acids is 1. The Labute approximate surface area is 190 Å². The third-order valence-electron chi connectivity index (χ3n) is 5.76. The maximum Gasteiger partial charge on any atom is 0.411 e. The minimum atomic E-state index is -0.913. The van der Waals surface area contributed by atoms with E-state index in [4.69, 9.17) is 4.74 Å². The van der Waals surface area contributed by atoms with Gasteiger partial charge in [0.1, 0.15) is 17.9 Å². The molecule has 2 N–H and O–H groups in total. The maximum absolute atomic E-state index is 13.1. The smallest absolute Gasteiger partial charge is 0.411 e. The van der Waals surface area contributed by atoms with Crippen LogP contribution in [-0.2, 0) is 20.7 Å². The number of nitrogens with one attached hydrogen (secondary N) is 1. The molecule has 32 heavy (non-hydrogen) atoms. The van der Waals surface area contributed by atoms with Crippen LogP contribution in [0.5, 0.6) is 0 Å². The van der Waals surface area contributed by atoms with Crippen LogP contribution in [0.3, 0.4) is 0 Å². The molecule has 0 saturated carbocycles. The molecule has 1 aliphatic heterocycles. The molecule has 1 fully saturated rings. The van der Waals surface area contributed by atoms with Gasteiger partial charge in [-0.25, -0.2) is 4.79 Å². The molecule has 0 bridgehead atoms. The summed E-state index contributed by atoms with van der Waals surface area (Å²) < 4.78 is 5.69. The molecule has 2 rings (SSSR count). The Bertz CT molecular complexity index is 765. The van der Waals surface area contributed by atoms with Gasteiger partial charge < -0.3 is 20.0 Å². The molecule has 1 aromatic carbocycles. The zero-order valence-electron chi connectivity index (χ0n) is 19.8. The Morgan fingerprint density at radius 2 is 1.91 bits per heavy atom. The first-order valence-corrected chi connectivity index (χ1v) is 11.3. The van der Waals surface area contributed by atoms with Crippen LogP contribution in [0.25, 0.3) is 0 Å². The second kappa shape index (κ2) is 11.4. The van der Waals surface area contributed by atoms with E-state index in [1.165, 1.54) is 0 Å². The van der Waals surface area contributed by atoms with E-state index in [-0.39, 0.29) is 18.1 Å². The highest BCUT2D eigenvalue weighted by Crippen LogP contribution is 2.30. The summed E-state index contributed by atoms with van der Waals surface area (Å²) >= 11 is 0. The molecule has 178 valence electrons. The summed E-state index contributed by atoms with van der Waals surface area (Å²) in [5.74, 6) is -0.913. The van der Waals surface area contributed by atoms with Gasteiger partial charge in [-0.3, -0.25) is 14.6 Å². The van der Waals surface area contributed by atoms with Crippen LogP contribution in [0.15, 0.2) is 30.3 Å². The van der Waals surface area contributed by atoms with Crippen molar-refractivity contribution in [2.45, 2.75) is 83.6 Å². The van der Waals surface area contributed by atoms with Crippen molar-refractivity contribution in [2.24, 2.45) is 0 Å². The predicted molar refractivity (Wildman–Crippen MR) is 122 cm³/mol. The highest BCUT2D eigenvalue weighted by molar-refractivity contribution is 5.72. The normalized spacial score (nSPS) is 21.2. The number of carboxylic acid groups (broad SMARTS) is 1. The maximum atomic E-state index is 13.1. The molecule has 4 atom stereocenters. The summed E-state index contributed by atoms with van der Waals surface area (Å²) in [5, 5.41) is 12.2. The predicted octanol–water partition coefficient (Wildman–Crippen LogP) is 2.91. The molecule has 0 radical (unpaired) electrons. The minimum Gasteiger partial charge on any atom is -0.480 e. The van der Waals surface area contributed by atoms with Crippen molar-refractivity contribution in [3.05, 3.63) is 35.9 Å². The second-order valence-electron chi connectivity index (χ2n) is 9.34. The number of aldehydes is 1. The molecule has 0 aromatic heterocycles. The molecule has 1 heterocycles. The van der Waals surface area contributed by atoms with Crippen molar-refractivity contribution in [3.63, 3.8) is 0 Å². The topological polar surface area (TPSA) is 99.2 Å². The first-order valence-electron chi connectivity index (χ1n) is 11.3. The third kappa shape index (κ3) is 7.03. The number of rotatable bonds is 10. The summed E-state index contributed by atoms with van der Waals surface area (Å²) in [4.78, 5) is 39.9. The summed E-state index contributed by atoms with van der Waals surface area (Å²) in [7, 11) is 0. The van der Waals surface area contributed by atoms with Crippen molar-refractivity contribution in [1.29, 1.82) is 0 Å². The summed E-state index contributed by atoms with van der Waals surface area (Å²) in [5.41, 5.74) is 0.453. The lowest BCUT2D eigenvalue weighted by Gasteiger charge is -2.31. The first-order chi connectivity index (χ1) is 15.1. The molecule has 0 aliphatic carbocycles. The molecule has 0 unspecified atom stereocenters. The number of carboxylic acids is 1. The number of nitrogens with zero attached hydrogens (tertiary/aromatic N) is 2. The Balaban J connectivity index is 2.33. The van der Waals surface area contributed by atoms with E-state index in [9.17, 15) is 19.5 Å². The average Bonchev–Trinajstić information content (AvgIpc) is 3.06. The molecule has 1 aromatic rings. The summed E-state index contributed by atoms with van der Waals surface area (Å²) in [6.07, 6.45) is 2.36. The second-order valence-corrected chi connectivity index (χ2v) is 9.34. The van der Waals surface area contributed by atoms with Crippen LogP contribution < -0.4 is 5.32 Å². The lowest BCUT2D eigenvalue weighted by molar-refractivity contribution is -0.139. The lowest BCUT2D eigenvalue weighted by Crippen LogP contribution is -2.47. The monoisotopic (exact) mass is 447 g/mol. The lowest BCUT2D eigenvalue weighted by atomic mass is 9.96. The fraction of sp³-hybridized carbons (Fsp3) is 0.625. The molecule has 8 nitrogen and oxygen atoms in total. The van der Waals surface area contributed by atoms with E-state index in [1.54, 1.807) is 11.8 Å². The first kappa shape index (κ1) is 25.8. The Morgan fingerprint density at radius 3 is 2.44 bits per heavy atom. The van der Waals surface area contributed by atoms with E-state index >= 15 is 0 Å². The fourth-order valence-electron chi connectivity index (χ4n) is 4.08. The van der Waals surface area contributed by atoms with Gasteiger partial charge in [0.2, 0.25) is 0 Å². The molecule has 1 saturated heterocycles. The van der Waals surface area contributed by atoms with Crippen LogP contribution in [-0.4, -0.2) is 76.2 Å². The van der Waals surface area contributed by atoms with Gasteiger partial charge in [-0.05, 0) is 59.1 Å². The van der Waals surface area contributed by atoms with Crippen molar-refractivity contribution >= 4 is 18.3 Å². The number of carbonyl (C=O) groups is 3. The van der Waals surface area contributed by atoms with Crippen LogP contribution in [0, 0.1) is 0 Å². The van der Waals surface area contributed by atoms with Crippen molar-refractivity contribution in [3.8, 4) is 0 Å². The number of hydrogen-bond acceptors (Lipinski definition) is 6.